The molecule has 0 aliphatic heterocycles. The van der Waals surface area contributed by atoms with E-state index in [-0.39, 0.29) is 11.8 Å². The van der Waals surface area contributed by atoms with E-state index in [2.05, 4.69) is 35.8 Å². The maximum Gasteiger partial charge on any atom is 0.396 e. The van der Waals surface area contributed by atoms with E-state index in [1.807, 2.05) is 0 Å². The minimum atomic E-state index is -0.667. The fourth-order valence-corrected chi connectivity index (χ4v) is 1.88. The van der Waals surface area contributed by atoms with E-state index in [1.54, 1.807) is 5.51 Å². The molecule has 6 nitrogen and oxygen atoms in total. The number of methoxy groups -OCH3 is 1. The molecule has 0 aliphatic rings. The molecule has 0 radical (unpaired) electrons. The van der Waals surface area contributed by atoms with E-state index in [0.717, 1.165) is 3.79 Å². The van der Waals surface area contributed by atoms with Gasteiger partial charge < -0.3 is 9.15 Å². The molecule has 2 aromatic heterocycles. The van der Waals surface area contributed by atoms with Gasteiger partial charge in [0.15, 0.2) is 5.69 Å². The highest BCUT2D eigenvalue weighted by Gasteiger charge is 2.18. The van der Waals surface area contributed by atoms with Gasteiger partial charge >= 0.3 is 11.9 Å². The highest BCUT2D eigenvalue weighted by molar-refractivity contribution is 9.11. The van der Waals surface area contributed by atoms with Gasteiger partial charge in [0.2, 0.25) is 0 Å². The minimum Gasteiger partial charge on any atom is -0.462 e. The first kappa shape index (κ1) is 10.2. The zero-order chi connectivity index (χ0) is 10.8. The van der Waals surface area contributed by atoms with Crippen molar-refractivity contribution in [3.63, 3.8) is 0 Å². The molecule has 0 fully saturated rings. The first-order valence-electron chi connectivity index (χ1n) is 3.73. The molecular formula is C7H4BrN3O3S. The lowest BCUT2D eigenvalue weighted by Crippen LogP contribution is -2.00. The number of carbonyl (C=O) groups excluding carboxylic acids is 1. The summed E-state index contributed by atoms with van der Waals surface area (Å²) in [5.41, 5.74) is 2.14. The molecule has 2 rings (SSSR count). The maximum absolute atomic E-state index is 11.0. The Hall–Kier alpha value is -1.28. The average Bonchev–Trinajstić information content (AvgIpc) is 2.84. The quantitative estimate of drug-likeness (QED) is 0.784. The summed E-state index contributed by atoms with van der Waals surface area (Å²) in [4.78, 5) is 15.0. The first-order chi connectivity index (χ1) is 7.22. The largest absolute Gasteiger partial charge is 0.462 e. The fourth-order valence-electron chi connectivity index (χ4n) is 0.860. The van der Waals surface area contributed by atoms with Gasteiger partial charge in [-0.05, 0) is 15.9 Å². The predicted molar refractivity (Wildman–Crippen MR) is 54.4 cm³/mol. The van der Waals surface area contributed by atoms with Crippen LogP contribution in [0.15, 0.2) is 13.7 Å². The van der Waals surface area contributed by atoms with Crippen molar-refractivity contribution in [2.24, 2.45) is 0 Å². The van der Waals surface area contributed by atoms with Crippen LogP contribution in [0.25, 0.3) is 11.6 Å². The summed E-state index contributed by atoms with van der Waals surface area (Å²) in [5, 5.41) is 7.22. The third kappa shape index (κ3) is 1.90. The third-order valence-electron chi connectivity index (χ3n) is 1.51. The van der Waals surface area contributed by atoms with Crippen LogP contribution in [0.4, 0.5) is 0 Å². The van der Waals surface area contributed by atoms with Crippen LogP contribution in [-0.2, 0) is 4.74 Å². The number of halogens is 1. The van der Waals surface area contributed by atoms with Crippen molar-refractivity contribution in [1.29, 1.82) is 0 Å². The Bertz CT molecular complexity index is 495. The third-order valence-corrected chi connectivity index (χ3v) is 3.06. The van der Waals surface area contributed by atoms with Gasteiger partial charge in [-0.25, -0.2) is 9.78 Å². The Kier molecular flexibility index (Phi) is 2.78. The number of hydrogen-bond acceptors (Lipinski definition) is 7. The normalized spacial score (nSPS) is 10.3. The lowest BCUT2D eigenvalue weighted by molar-refractivity contribution is 0.0556. The number of nitrogens with zero attached hydrogens (tertiary/aromatic N) is 3. The number of hydrogen-bond donors (Lipinski definition) is 0. The molecule has 0 spiro atoms. The molecule has 15 heavy (non-hydrogen) atoms. The van der Waals surface area contributed by atoms with Crippen LogP contribution < -0.4 is 0 Å². The number of esters is 1. The lowest BCUT2D eigenvalue weighted by Gasteiger charge is -1.89. The molecule has 2 aromatic rings. The fraction of sp³-hybridized carbons (Fsp3) is 0.143. The smallest absolute Gasteiger partial charge is 0.396 e. The number of carbonyl (C=O) groups is 1. The molecule has 0 aliphatic carbocycles. The Morgan fingerprint density at radius 1 is 1.60 bits per heavy atom. The summed E-state index contributed by atoms with van der Waals surface area (Å²) in [6, 6.07) is 0. The standard InChI is InChI=1S/C7H4BrN3O3S/c1-13-7(12)6-11-10-5(14-6)3-4(8)15-2-9-3/h2H,1H3. The number of aromatic nitrogens is 3. The first-order valence-corrected chi connectivity index (χ1v) is 5.41. The van der Waals surface area contributed by atoms with Gasteiger partial charge in [-0.1, -0.05) is 0 Å². The molecule has 0 saturated heterocycles. The van der Waals surface area contributed by atoms with Crippen LogP contribution in [0.1, 0.15) is 10.7 Å². The second-order valence-electron chi connectivity index (χ2n) is 2.38. The topological polar surface area (TPSA) is 78.1 Å². The van der Waals surface area contributed by atoms with E-state index in [0.29, 0.717) is 5.69 Å². The molecule has 0 N–H and O–H groups in total. The minimum absolute atomic E-state index is 0.184. The molecule has 0 unspecified atom stereocenters. The summed E-state index contributed by atoms with van der Waals surface area (Å²) in [5.74, 6) is -0.670. The number of ether oxygens (including phenoxy) is 1. The molecule has 0 saturated carbocycles. The van der Waals surface area contributed by atoms with Crippen LogP contribution in [0.3, 0.4) is 0 Å². The van der Waals surface area contributed by atoms with Gasteiger partial charge in [0, 0.05) is 0 Å². The van der Waals surface area contributed by atoms with Gasteiger partial charge in [-0.15, -0.1) is 21.5 Å². The molecule has 0 amide bonds. The van der Waals surface area contributed by atoms with Gasteiger partial charge in [0.05, 0.1) is 12.6 Å². The van der Waals surface area contributed by atoms with Crippen molar-refractivity contribution >= 4 is 33.2 Å². The maximum atomic E-state index is 11.0. The second-order valence-corrected chi connectivity index (χ2v) is 4.55. The molecule has 78 valence electrons. The number of thiazole rings is 1. The highest BCUT2D eigenvalue weighted by Crippen LogP contribution is 2.29. The van der Waals surface area contributed by atoms with E-state index < -0.39 is 5.97 Å². The molecule has 0 bridgehead atoms. The Balaban J connectivity index is 2.36. The second kappa shape index (κ2) is 4.07. The van der Waals surface area contributed by atoms with Crippen molar-refractivity contribution in [3.8, 4) is 11.6 Å². The molecular weight excluding hydrogens is 286 g/mol. The van der Waals surface area contributed by atoms with Crippen LogP contribution in [0.5, 0.6) is 0 Å². The molecule has 2 heterocycles. The Morgan fingerprint density at radius 3 is 3.00 bits per heavy atom. The SMILES string of the molecule is COC(=O)c1nnc(-c2ncsc2Br)o1. The summed E-state index contributed by atoms with van der Waals surface area (Å²) in [6.45, 7) is 0. The average molecular weight is 290 g/mol. The summed E-state index contributed by atoms with van der Waals surface area (Å²) >= 11 is 4.66. The highest BCUT2D eigenvalue weighted by atomic mass is 79.9. The monoisotopic (exact) mass is 289 g/mol. The van der Waals surface area contributed by atoms with E-state index in [1.165, 1.54) is 18.4 Å². The Labute approximate surface area is 96.4 Å². The van der Waals surface area contributed by atoms with Crippen LogP contribution >= 0.6 is 27.3 Å². The van der Waals surface area contributed by atoms with Crippen molar-refractivity contribution in [2.45, 2.75) is 0 Å². The van der Waals surface area contributed by atoms with Gasteiger partial charge in [-0.3, -0.25) is 0 Å². The van der Waals surface area contributed by atoms with Gasteiger partial charge in [0.25, 0.3) is 5.89 Å². The van der Waals surface area contributed by atoms with Crippen LogP contribution in [0, 0.1) is 0 Å². The summed E-state index contributed by atoms with van der Waals surface area (Å²) in [7, 11) is 1.24. The van der Waals surface area contributed by atoms with Crippen molar-refractivity contribution in [3.05, 3.63) is 15.2 Å². The predicted octanol–water partition coefficient (Wildman–Crippen LogP) is 1.74. The zero-order valence-electron chi connectivity index (χ0n) is 7.43. The van der Waals surface area contributed by atoms with Crippen molar-refractivity contribution < 1.29 is 13.9 Å². The van der Waals surface area contributed by atoms with Gasteiger partial charge in [0.1, 0.15) is 3.79 Å². The summed E-state index contributed by atoms with van der Waals surface area (Å²) < 4.78 is 10.3. The Morgan fingerprint density at radius 2 is 2.40 bits per heavy atom. The zero-order valence-corrected chi connectivity index (χ0v) is 9.83. The molecule has 0 atom stereocenters. The van der Waals surface area contributed by atoms with Crippen LogP contribution in [0.2, 0.25) is 0 Å². The van der Waals surface area contributed by atoms with Crippen molar-refractivity contribution in [1.82, 2.24) is 15.2 Å². The van der Waals surface area contributed by atoms with Crippen LogP contribution in [-0.4, -0.2) is 28.3 Å². The van der Waals surface area contributed by atoms with Crippen molar-refractivity contribution in [2.75, 3.05) is 7.11 Å². The molecule has 8 heteroatoms. The number of rotatable bonds is 2. The van der Waals surface area contributed by atoms with E-state index in [9.17, 15) is 4.79 Å². The summed E-state index contributed by atoms with van der Waals surface area (Å²) in [6.07, 6.45) is 0. The molecule has 0 aromatic carbocycles. The van der Waals surface area contributed by atoms with E-state index in [4.69, 9.17) is 4.42 Å². The van der Waals surface area contributed by atoms with Gasteiger partial charge in [-0.2, -0.15) is 0 Å². The van der Waals surface area contributed by atoms with E-state index >= 15 is 0 Å². The lowest BCUT2D eigenvalue weighted by atomic mass is 10.5.